The maximum Gasteiger partial charge on any atom is 0.407 e. The van der Waals surface area contributed by atoms with Gasteiger partial charge in [-0.25, -0.2) is 14.3 Å². The number of carbonyl (C=O) groups excluding carboxylic acids is 4. The molecule has 5 N–H and O–H groups in total. The molecule has 22 nitrogen and oxygen atoms in total. The number of ether oxygens (including phenoxy) is 2. The van der Waals surface area contributed by atoms with E-state index in [-0.39, 0.29) is 24.9 Å². The molecular weight excluding hydrogens is 1040 g/mol. The first kappa shape index (κ1) is 65.0. The largest absolute Gasteiger partial charge is 0.444 e. The van der Waals surface area contributed by atoms with Gasteiger partial charge in [-0.2, -0.15) is 0 Å². The fourth-order valence-corrected chi connectivity index (χ4v) is 7.05. The van der Waals surface area contributed by atoms with Crippen molar-refractivity contribution in [2.45, 2.75) is 112 Å². The van der Waals surface area contributed by atoms with Crippen LogP contribution in [0.2, 0.25) is 0 Å². The van der Waals surface area contributed by atoms with Crippen molar-refractivity contribution in [2.75, 3.05) is 30.3 Å². The van der Waals surface area contributed by atoms with E-state index in [1.165, 1.54) is 4.68 Å². The molecule has 4 amide bonds. The molecule has 0 saturated heterocycles. The summed E-state index contributed by atoms with van der Waals surface area (Å²) in [5.41, 5.74) is 15.2. The number of rotatable bonds is 22. The van der Waals surface area contributed by atoms with E-state index in [0.717, 1.165) is 52.7 Å². The number of nitrogens with one attached hydrogen (secondary N) is 5. The van der Waals surface area contributed by atoms with Gasteiger partial charge in [0.15, 0.2) is 0 Å². The predicted octanol–water partition coefficient (Wildman–Crippen LogP) is 9.38. The van der Waals surface area contributed by atoms with Gasteiger partial charge in [0.1, 0.15) is 24.3 Å². The van der Waals surface area contributed by atoms with Gasteiger partial charge in [0.05, 0.1) is 34.7 Å². The van der Waals surface area contributed by atoms with Gasteiger partial charge >= 0.3 is 12.2 Å². The molecule has 7 rings (SSSR count). The first-order valence-electron chi connectivity index (χ1n) is 26.4. The van der Waals surface area contributed by atoms with Crippen molar-refractivity contribution in [3.63, 3.8) is 0 Å². The monoisotopic (exact) mass is 1110 g/mol. The van der Waals surface area contributed by atoms with E-state index in [2.05, 4.69) is 84.1 Å². The highest BCUT2D eigenvalue weighted by molar-refractivity contribution is 5.92. The summed E-state index contributed by atoms with van der Waals surface area (Å²) in [4.78, 5) is 69.4. The molecule has 0 fully saturated rings. The Morgan fingerprint density at radius 2 is 1.01 bits per heavy atom. The minimum absolute atomic E-state index is 0.0367. The van der Waals surface area contributed by atoms with Crippen LogP contribution in [0.1, 0.15) is 88.1 Å². The lowest BCUT2D eigenvalue weighted by Crippen LogP contribution is -2.33. The quantitative estimate of drug-likeness (QED) is 0.0183. The number of terminal acetylenes is 1. The molecule has 0 aliphatic carbocycles. The summed E-state index contributed by atoms with van der Waals surface area (Å²) in [6.45, 7) is 16.6. The van der Waals surface area contributed by atoms with Gasteiger partial charge in [-0.05, 0) is 151 Å². The average molecular weight is 1120 g/mol. The number of carbonyl (C=O) groups is 4. The third kappa shape index (κ3) is 29.4. The minimum atomic E-state index is -0.530. The van der Waals surface area contributed by atoms with Gasteiger partial charge in [-0.15, -0.1) is 17.4 Å². The SMILES string of the molecule is C#CC.CC(C)(C)OC(=O)NCCc1ccc(NC(=O)CN=[N+]=[N-])cc1.CC(C)(C)OC(=O)NCCc1ccc(NC(=O)Cn2cc(CN(Cc3ccccn3)Cc3ccccn3)nn2)cc1.c1ccc(CNCc2ccccn2)nc1. The number of aromatic nitrogens is 7. The van der Waals surface area contributed by atoms with Crippen molar-refractivity contribution in [3.8, 4) is 12.3 Å². The summed E-state index contributed by atoms with van der Waals surface area (Å²) < 4.78 is 11.9. The Hall–Kier alpha value is -9.55. The first-order chi connectivity index (χ1) is 39.4. The minimum Gasteiger partial charge on any atom is -0.444 e. The Bertz CT molecular complexity index is 2970. The Morgan fingerprint density at radius 3 is 1.40 bits per heavy atom. The van der Waals surface area contributed by atoms with E-state index >= 15 is 0 Å². The highest BCUT2D eigenvalue weighted by Crippen LogP contribution is 2.14. The van der Waals surface area contributed by atoms with Crippen LogP contribution < -0.4 is 26.6 Å². The molecule has 82 heavy (non-hydrogen) atoms. The molecule has 7 aromatic rings. The van der Waals surface area contributed by atoms with E-state index in [1.807, 2.05) is 151 Å². The van der Waals surface area contributed by atoms with Crippen molar-refractivity contribution in [3.05, 3.63) is 202 Å². The van der Waals surface area contributed by atoms with Crippen LogP contribution in [0, 0.1) is 12.3 Å². The molecule has 2 aromatic carbocycles. The van der Waals surface area contributed by atoms with Crippen LogP contribution in [-0.2, 0) is 71.2 Å². The van der Waals surface area contributed by atoms with Crippen molar-refractivity contribution in [2.24, 2.45) is 5.11 Å². The molecule has 0 bridgehead atoms. The fraction of sp³-hybridized carbons (Fsp3) is 0.333. The molecule has 5 heterocycles. The third-order valence-corrected chi connectivity index (χ3v) is 10.5. The molecule has 0 spiro atoms. The predicted molar refractivity (Wildman–Crippen MR) is 315 cm³/mol. The average Bonchev–Trinajstić information content (AvgIpc) is 3.89. The smallest absolute Gasteiger partial charge is 0.407 e. The maximum atomic E-state index is 12.7. The Balaban J connectivity index is 0.000000294. The molecular formula is C60H74N16O6. The van der Waals surface area contributed by atoms with Gasteiger partial charge in [-0.3, -0.25) is 34.4 Å². The molecule has 0 atom stereocenters. The summed E-state index contributed by atoms with van der Waals surface area (Å²) in [7, 11) is 0. The Morgan fingerprint density at radius 1 is 0.610 bits per heavy atom. The van der Waals surface area contributed by atoms with Gasteiger partial charge < -0.3 is 36.1 Å². The van der Waals surface area contributed by atoms with Crippen LogP contribution in [0.25, 0.3) is 10.4 Å². The van der Waals surface area contributed by atoms with Crippen molar-refractivity contribution < 1.29 is 28.7 Å². The lowest BCUT2D eigenvalue weighted by Gasteiger charge is -2.20. The molecule has 0 aliphatic heterocycles. The molecule has 22 heteroatoms. The molecule has 430 valence electrons. The number of anilines is 2. The van der Waals surface area contributed by atoms with Crippen LogP contribution in [-0.4, -0.2) is 94.7 Å². The number of nitrogens with zero attached hydrogens (tertiary/aromatic N) is 11. The van der Waals surface area contributed by atoms with E-state index in [9.17, 15) is 19.2 Å². The number of hydrogen-bond acceptors (Lipinski definition) is 15. The van der Waals surface area contributed by atoms with Crippen LogP contribution in [0.3, 0.4) is 0 Å². The standard InChI is InChI=1S/C30H36N8O3.C15H21N5O3.C12H13N3.C3H4/c1-30(2,3)41-29(40)33-17-14-23-10-12-24(13-11-23)34-28(39)22-38-21-27(35-36-38)20-37(18-25-8-4-6-15-31-25)19-26-9-5-7-16-32-26;1-15(2,3)23-14(22)17-9-8-11-4-6-12(7-5-11)19-13(21)10-18-20-16;1-3-7-14-11(5-1)9-13-10-12-6-2-4-8-15-12;1-3-2/h4-13,15-16,21H,14,17-20,22H2,1-3H3,(H,33,40)(H,34,39);4-7H,8-10H2,1-3H3,(H,17,22)(H,19,21);1-8,13H,9-10H2;1H,2H3. The van der Waals surface area contributed by atoms with Crippen LogP contribution in [0.4, 0.5) is 21.0 Å². The second kappa shape index (κ2) is 35.9. The number of hydrogen-bond donors (Lipinski definition) is 5. The highest BCUT2D eigenvalue weighted by atomic mass is 16.6. The first-order valence-corrected chi connectivity index (χ1v) is 26.4. The van der Waals surface area contributed by atoms with Gasteiger partial charge in [0.2, 0.25) is 11.8 Å². The zero-order chi connectivity index (χ0) is 59.4. The number of alkyl carbamates (subject to hydrolysis) is 2. The van der Waals surface area contributed by atoms with Crippen molar-refractivity contribution >= 4 is 35.4 Å². The Kier molecular flexibility index (Phi) is 28.4. The second-order valence-electron chi connectivity index (χ2n) is 20.0. The number of benzene rings is 2. The lowest BCUT2D eigenvalue weighted by molar-refractivity contribution is -0.117. The van der Waals surface area contributed by atoms with Crippen LogP contribution in [0.15, 0.2) is 157 Å². The summed E-state index contributed by atoms with van der Waals surface area (Å²) in [6.07, 6.45) is 14.0. The Labute approximate surface area is 479 Å². The van der Waals surface area contributed by atoms with Gasteiger partial charge in [0.25, 0.3) is 0 Å². The van der Waals surface area contributed by atoms with E-state index < -0.39 is 23.4 Å². The van der Waals surface area contributed by atoms with Gasteiger partial charge in [0, 0.05) is 86.9 Å². The number of azide groups is 1. The highest BCUT2D eigenvalue weighted by Gasteiger charge is 2.17. The summed E-state index contributed by atoms with van der Waals surface area (Å²) >= 11 is 0. The van der Waals surface area contributed by atoms with E-state index in [4.69, 9.17) is 15.0 Å². The van der Waals surface area contributed by atoms with Crippen molar-refractivity contribution in [1.82, 2.24) is 55.8 Å². The topological polar surface area (TPSA) is 281 Å². The molecule has 0 saturated carbocycles. The van der Waals surface area contributed by atoms with E-state index in [0.29, 0.717) is 56.9 Å². The van der Waals surface area contributed by atoms with Crippen LogP contribution in [0.5, 0.6) is 0 Å². The normalized spacial score (nSPS) is 10.5. The summed E-state index contributed by atoms with van der Waals surface area (Å²) in [5.74, 6) is 1.67. The van der Waals surface area contributed by atoms with Crippen molar-refractivity contribution in [1.29, 1.82) is 0 Å². The molecule has 0 radical (unpaired) electrons. The molecule has 5 aromatic heterocycles. The number of amides is 4. The third-order valence-electron chi connectivity index (χ3n) is 10.5. The maximum absolute atomic E-state index is 12.7. The fourth-order valence-electron chi connectivity index (χ4n) is 7.05. The summed E-state index contributed by atoms with van der Waals surface area (Å²) in [6, 6.07) is 38.2. The molecule has 0 aliphatic rings. The lowest BCUT2D eigenvalue weighted by atomic mass is 10.1. The number of pyridine rings is 4. The zero-order valence-corrected chi connectivity index (χ0v) is 47.7. The second-order valence-corrected chi connectivity index (χ2v) is 20.0. The van der Waals surface area contributed by atoms with Gasteiger partial charge in [-0.1, -0.05) is 58.9 Å². The van der Waals surface area contributed by atoms with E-state index in [1.54, 1.807) is 50.0 Å². The summed E-state index contributed by atoms with van der Waals surface area (Å²) in [5, 5.41) is 25.8. The zero-order valence-electron chi connectivity index (χ0n) is 47.7. The molecule has 0 unspecified atom stereocenters. The van der Waals surface area contributed by atoms with Crippen LogP contribution >= 0.6 is 0 Å².